The third-order valence-electron chi connectivity index (χ3n) is 4.00. The van der Waals surface area contributed by atoms with E-state index in [-0.39, 0.29) is 23.3 Å². The number of phenolic OH excluding ortho intramolecular Hbond substituents is 1. The van der Waals surface area contributed by atoms with Crippen molar-refractivity contribution in [1.29, 1.82) is 0 Å². The predicted molar refractivity (Wildman–Crippen MR) is 87.4 cm³/mol. The van der Waals surface area contributed by atoms with Crippen molar-refractivity contribution in [3.63, 3.8) is 0 Å². The molecule has 1 saturated heterocycles. The molecule has 2 rings (SSSR count). The van der Waals surface area contributed by atoms with Crippen molar-refractivity contribution in [3.05, 3.63) is 23.8 Å². The number of nitrogens with zero attached hydrogens (tertiary/aromatic N) is 1. The quantitative estimate of drug-likeness (QED) is 0.495. The van der Waals surface area contributed by atoms with Gasteiger partial charge in [-0.3, -0.25) is 14.4 Å². The zero-order valence-electron chi connectivity index (χ0n) is 13.9. The van der Waals surface area contributed by atoms with Crippen LogP contribution in [0.5, 0.6) is 5.75 Å². The minimum Gasteiger partial charge on any atom is -0.506 e. The highest BCUT2D eigenvalue weighted by Gasteiger charge is 2.31. The molecule has 0 aromatic heterocycles. The largest absolute Gasteiger partial charge is 0.506 e. The number of carbonyl (C=O) groups is 3. The number of amides is 2. The van der Waals surface area contributed by atoms with Crippen molar-refractivity contribution in [1.82, 2.24) is 4.90 Å². The lowest BCUT2D eigenvalue weighted by Gasteiger charge is -2.30. The normalized spacial score (nSPS) is 15.0. The summed E-state index contributed by atoms with van der Waals surface area (Å²) in [7, 11) is 0. The molecule has 1 aromatic carbocycles. The molecule has 0 radical (unpaired) electrons. The molecule has 0 saturated carbocycles. The molecule has 1 aliphatic rings. The van der Waals surface area contributed by atoms with Crippen molar-refractivity contribution in [2.24, 2.45) is 5.92 Å². The zero-order chi connectivity index (χ0) is 17.7. The van der Waals surface area contributed by atoms with Crippen LogP contribution < -0.4 is 5.32 Å². The average Bonchev–Trinajstić information content (AvgIpc) is 2.57. The molecular formula is C17H22N2O5. The minimum absolute atomic E-state index is 0.0860. The number of hydrogen-bond acceptors (Lipinski definition) is 5. The highest BCUT2D eigenvalue weighted by Crippen LogP contribution is 2.24. The average molecular weight is 334 g/mol. The maximum absolute atomic E-state index is 12.2. The summed E-state index contributed by atoms with van der Waals surface area (Å²) in [4.78, 5) is 37.4. The summed E-state index contributed by atoms with van der Waals surface area (Å²) in [5.74, 6) is -2.03. The molecule has 1 fully saturated rings. The zero-order valence-corrected chi connectivity index (χ0v) is 13.9. The van der Waals surface area contributed by atoms with Crippen LogP contribution in [0.2, 0.25) is 0 Å². The SMILES string of the molecule is CCOC(=O)C1CCN(C(=O)C(=O)Nc2ccc(C)cc2O)CC1. The number of benzene rings is 1. The topological polar surface area (TPSA) is 95.9 Å². The molecule has 7 heteroatoms. The van der Waals surface area contributed by atoms with Gasteiger partial charge >= 0.3 is 17.8 Å². The van der Waals surface area contributed by atoms with Gasteiger partial charge in [-0.05, 0) is 44.4 Å². The first-order chi connectivity index (χ1) is 11.4. The first-order valence-corrected chi connectivity index (χ1v) is 7.99. The fourth-order valence-electron chi connectivity index (χ4n) is 2.65. The van der Waals surface area contributed by atoms with E-state index in [1.807, 2.05) is 6.92 Å². The number of aromatic hydroxyl groups is 1. The maximum atomic E-state index is 12.2. The molecule has 7 nitrogen and oxygen atoms in total. The molecule has 24 heavy (non-hydrogen) atoms. The first-order valence-electron chi connectivity index (χ1n) is 7.99. The van der Waals surface area contributed by atoms with E-state index < -0.39 is 11.8 Å². The van der Waals surface area contributed by atoms with E-state index in [1.54, 1.807) is 19.1 Å². The van der Waals surface area contributed by atoms with Crippen LogP contribution in [-0.4, -0.2) is 47.5 Å². The number of hydrogen-bond donors (Lipinski definition) is 2. The van der Waals surface area contributed by atoms with Crippen molar-refractivity contribution < 1.29 is 24.2 Å². The molecule has 1 heterocycles. The number of piperidine rings is 1. The Morgan fingerprint density at radius 2 is 1.96 bits per heavy atom. The highest BCUT2D eigenvalue weighted by molar-refractivity contribution is 6.39. The Morgan fingerprint density at radius 1 is 1.29 bits per heavy atom. The minimum atomic E-state index is -0.802. The summed E-state index contributed by atoms with van der Waals surface area (Å²) >= 11 is 0. The second kappa shape index (κ2) is 7.81. The maximum Gasteiger partial charge on any atom is 0.314 e. The Hall–Kier alpha value is -2.57. The van der Waals surface area contributed by atoms with Crippen LogP contribution in [0.15, 0.2) is 18.2 Å². The van der Waals surface area contributed by atoms with Gasteiger partial charge in [-0.2, -0.15) is 0 Å². The Bertz CT molecular complexity index is 636. The Morgan fingerprint density at radius 3 is 2.54 bits per heavy atom. The lowest BCUT2D eigenvalue weighted by Crippen LogP contribution is -2.45. The Labute approximate surface area is 140 Å². The molecule has 0 aliphatic carbocycles. The third-order valence-corrected chi connectivity index (χ3v) is 4.00. The van der Waals surface area contributed by atoms with Crippen LogP contribution in [0.25, 0.3) is 0 Å². The first kappa shape index (κ1) is 17.8. The standard InChI is InChI=1S/C17H22N2O5/c1-3-24-17(23)12-6-8-19(9-7-12)16(22)15(21)18-13-5-4-11(2)10-14(13)20/h4-5,10,12,20H,3,6-9H2,1-2H3,(H,18,21). The van der Waals surface area contributed by atoms with Gasteiger partial charge in [0, 0.05) is 13.1 Å². The summed E-state index contributed by atoms with van der Waals surface area (Å²) in [6.07, 6.45) is 0.960. The highest BCUT2D eigenvalue weighted by atomic mass is 16.5. The smallest absolute Gasteiger partial charge is 0.314 e. The van der Waals surface area contributed by atoms with Crippen molar-refractivity contribution in [2.45, 2.75) is 26.7 Å². The molecule has 0 atom stereocenters. The van der Waals surface area contributed by atoms with Crippen LogP contribution >= 0.6 is 0 Å². The summed E-state index contributed by atoms with van der Waals surface area (Å²) < 4.78 is 4.98. The number of rotatable bonds is 3. The summed E-state index contributed by atoms with van der Waals surface area (Å²) in [5.41, 5.74) is 1.04. The van der Waals surface area contributed by atoms with Gasteiger partial charge in [0.2, 0.25) is 0 Å². The number of anilines is 1. The fraction of sp³-hybridized carbons (Fsp3) is 0.471. The van der Waals surface area contributed by atoms with Gasteiger partial charge < -0.3 is 20.1 Å². The van der Waals surface area contributed by atoms with Gasteiger partial charge in [-0.15, -0.1) is 0 Å². The van der Waals surface area contributed by atoms with Crippen LogP contribution in [0.3, 0.4) is 0 Å². The number of likely N-dealkylation sites (tertiary alicyclic amines) is 1. The van der Waals surface area contributed by atoms with Crippen molar-refractivity contribution in [3.8, 4) is 5.75 Å². The van der Waals surface area contributed by atoms with E-state index in [0.717, 1.165) is 5.56 Å². The second-order valence-corrected chi connectivity index (χ2v) is 5.79. The molecule has 1 aliphatic heterocycles. The van der Waals surface area contributed by atoms with Gasteiger partial charge in [0.1, 0.15) is 5.75 Å². The number of esters is 1. The van der Waals surface area contributed by atoms with Crippen LogP contribution in [0.1, 0.15) is 25.3 Å². The number of nitrogens with one attached hydrogen (secondary N) is 1. The van der Waals surface area contributed by atoms with Gasteiger partial charge in [0.25, 0.3) is 0 Å². The molecule has 2 amide bonds. The lowest BCUT2D eigenvalue weighted by molar-refractivity contribution is -0.152. The predicted octanol–water partition coefficient (Wildman–Crippen LogP) is 1.44. The van der Waals surface area contributed by atoms with E-state index in [1.165, 1.54) is 11.0 Å². The molecule has 0 spiro atoms. The molecule has 2 N–H and O–H groups in total. The molecular weight excluding hydrogens is 312 g/mol. The number of carbonyl (C=O) groups excluding carboxylic acids is 3. The molecule has 0 unspecified atom stereocenters. The summed E-state index contributed by atoms with van der Waals surface area (Å²) in [6.45, 7) is 4.55. The van der Waals surface area contributed by atoms with Crippen LogP contribution in [0, 0.1) is 12.8 Å². The van der Waals surface area contributed by atoms with Crippen molar-refractivity contribution in [2.75, 3.05) is 25.0 Å². The molecule has 1 aromatic rings. The van der Waals surface area contributed by atoms with E-state index in [2.05, 4.69) is 5.32 Å². The summed E-state index contributed by atoms with van der Waals surface area (Å²) in [5, 5.41) is 12.2. The summed E-state index contributed by atoms with van der Waals surface area (Å²) in [6, 6.07) is 4.78. The fourth-order valence-corrected chi connectivity index (χ4v) is 2.65. The molecule has 130 valence electrons. The second-order valence-electron chi connectivity index (χ2n) is 5.79. The Kier molecular flexibility index (Phi) is 5.78. The lowest BCUT2D eigenvalue weighted by atomic mass is 9.97. The number of ether oxygens (including phenoxy) is 1. The molecule has 0 bridgehead atoms. The van der Waals surface area contributed by atoms with E-state index >= 15 is 0 Å². The van der Waals surface area contributed by atoms with E-state index in [9.17, 15) is 19.5 Å². The van der Waals surface area contributed by atoms with Crippen LogP contribution in [0.4, 0.5) is 5.69 Å². The van der Waals surface area contributed by atoms with Crippen LogP contribution in [-0.2, 0) is 19.1 Å². The van der Waals surface area contributed by atoms with Gasteiger partial charge in [0.05, 0.1) is 18.2 Å². The number of phenols is 1. The van der Waals surface area contributed by atoms with Gasteiger partial charge in [-0.25, -0.2) is 0 Å². The monoisotopic (exact) mass is 334 g/mol. The van der Waals surface area contributed by atoms with Crippen molar-refractivity contribution >= 4 is 23.5 Å². The van der Waals surface area contributed by atoms with Gasteiger partial charge in [-0.1, -0.05) is 6.07 Å². The van der Waals surface area contributed by atoms with Gasteiger partial charge in [0.15, 0.2) is 0 Å². The Balaban J connectivity index is 1.90. The third kappa shape index (κ3) is 4.24. The van der Waals surface area contributed by atoms with E-state index in [4.69, 9.17) is 4.74 Å². The van der Waals surface area contributed by atoms with E-state index in [0.29, 0.717) is 32.5 Å². The number of aryl methyl sites for hydroxylation is 1.